The van der Waals surface area contributed by atoms with Gasteiger partial charge in [-0.3, -0.25) is 4.79 Å². The Labute approximate surface area is 216 Å². The molecule has 8 nitrogen and oxygen atoms in total. The molecule has 2 aliphatic rings. The predicted molar refractivity (Wildman–Crippen MR) is 142 cm³/mol. The largest absolute Gasteiger partial charge is 0.362 e. The third kappa shape index (κ3) is 5.59. The summed E-state index contributed by atoms with van der Waals surface area (Å²) in [5, 5.41) is 7.47. The van der Waals surface area contributed by atoms with Crippen LogP contribution in [0.1, 0.15) is 73.3 Å². The lowest BCUT2D eigenvalue weighted by atomic mass is 9.91. The minimum atomic E-state index is -3.53. The van der Waals surface area contributed by atoms with E-state index in [0.29, 0.717) is 5.95 Å². The van der Waals surface area contributed by atoms with Gasteiger partial charge in [-0.1, -0.05) is 11.6 Å². The Morgan fingerprint density at radius 1 is 1.11 bits per heavy atom. The number of nitrogens with zero attached hydrogens (tertiary/aromatic N) is 3. The first-order valence-corrected chi connectivity index (χ1v) is 15.0. The van der Waals surface area contributed by atoms with Gasteiger partial charge in [0.15, 0.2) is 9.84 Å². The SMILES string of the molecule is CC(C)S(=O)(=O)c1csc(C(=O)NC2CCC(Nc3nc4c(c(N(C)C)n3)CCCC4)CC2)c1Cl. The molecule has 0 bridgehead atoms. The van der Waals surface area contributed by atoms with E-state index < -0.39 is 15.1 Å². The van der Waals surface area contributed by atoms with Crippen molar-refractivity contribution in [2.75, 3.05) is 24.3 Å². The molecule has 0 saturated heterocycles. The summed E-state index contributed by atoms with van der Waals surface area (Å²) in [6, 6.07) is 0.263. The number of hydrogen-bond donors (Lipinski definition) is 2. The van der Waals surface area contributed by atoms with E-state index in [4.69, 9.17) is 21.6 Å². The van der Waals surface area contributed by atoms with Gasteiger partial charge in [0.1, 0.15) is 10.7 Å². The highest BCUT2D eigenvalue weighted by atomic mass is 35.5. The first kappa shape index (κ1) is 26.2. The van der Waals surface area contributed by atoms with Crippen molar-refractivity contribution in [2.45, 2.75) is 87.4 Å². The molecule has 1 saturated carbocycles. The average Bonchev–Trinajstić information content (AvgIpc) is 3.21. The number of aryl methyl sites for hydroxylation is 1. The highest BCUT2D eigenvalue weighted by Crippen LogP contribution is 2.34. The zero-order valence-corrected chi connectivity index (χ0v) is 23.1. The van der Waals surface area contributed by atoms with Crippen LogP contribution in [0.2, 0.25) is 5.02 Å². The summed E-state index contributed by atoms with van der Waals surface area (Å²) >= 11 is 7.39. The fourth-order valence-corrected chi connectivity index (χ4v) is 7.74. The molecule has 192 valence electrons. The van der Waals surface area contributed by atoms with Crippen LogP contribution < -0.4 is 15.5 Å². The molecule has 1 amide bonds. The molecule has 2 aromatic heterocycles. The van der Waals surface area contributed by atoms with Gasteiger partial charge in [-0.05, 0) is 65.2 Å². The molecule has 0 aliphatic heterocycles. The number of hydrogen-bond acceptors (Lipinski definition) is 8. The Balaban J connectivity index is 1.36. The van der Waals surface area contributed by atoms with E-state index in [1.54, 1.807) is 13.8 Å². The quantitative estimate of drug-likeness (QED) is 0.534. The fourth-order valence-electron chi connectivity index (χ4n) is 4.75. The molecule has 35 heavy (non-hydrogen) atoms. The van der Waals surface area contributed by atoms with E-state index in [1.807, 2.05) is 14.1 Å². The van der Waals surface area contributed by atoms with Crippen LogP contribution in [0.15, 0.2) is 10.3 Å². The van der Waals surface area contributed by atoms with Crippen LogP contribution in [0, 0.1) is 0 Å². The predicted octanol–water partition coefficient (Wildman–Crippen LogP) is 4.47. The molecule has 0 unspecified atom stereocenters. The number of fused-ring (bicyclic) bond motifs is 1. The maximum absolute atomic E-state index is 12.8. The van der Waals surface area contributed by atoms with Gasteiger partial charge < -0.3 is 15.5 Å². The zero-order chi connectivity index (χ0) is 25.3. The first-order chi connectivity index (χ1) is 16.6. The number of carbonyl (C=O) groups is 1. The van der Waals surface area contributed by atoms with Crippen molar-refractivity contribution in [3.8, 4) is 0 Å². The number of carbonyl (C=O) groups excluding carboxylic acids is 1. The number of aromatic nitrogens is 2. The fraction of sp³-hybridized carbons (Fsp3) is 0.625. The van der Waals surface area contributed by atoms with E-state index >= 15 is 0 Å². The van der Waals surface area contributed by atoms with Crippen molar-refractivity contribution in [2.24, 2.45) is 0 Å². The van der Waals surface area contributed by atoms with E-state index in [2.05, 4.69) is 15.5 Å². The van der Waals surface area contributed by atoms with Crippen molar-refractivity contribution >= 4 is 50.4 Å². The first-order valence-electron chi connectivity index (χ1n) is 12.2. The number of anilines is 2. The van der Waals surface area contributed by atoms with Crippen molar-refractivity contribution in [1.82, 2.24) is 15.3 Å². The van der Waals surface area contributed by atoms with E-state index in [0.717, 1.165) is 61.4 Å². The van der Waals surface area contributed by atoms with Gasteiger partial charge in [0.2, 0.25) is 5.95 Å². The lowest BCUT2D eigenvalue weighted by molar-refractivity contribution is 0.0930. The van der Waals surface area contributed by atoms with E-state index in [-0.39, 0.29) is 32.8 Å². The van der Waals surface area contributed by atoms with Gasteiger partial charge in [0, 0.05) is 37.1 Å². The molecule has 0 atom stereocenters. The monoisotopic (exact) mass is 539 g/mol. The molecular formula is C24H34ClN5O3S2. The third-order valence-corrected chi connectivity index (χ3v) is 10.7. The van der Waals surface area contributed by atoms with Gasteiger partial charge in [0.05, 0.1) is 20.9 Å². The van der Waals surface area contributed by atoms with Crippen LogP contribution in [0.5, 0.6) is 0 Å². The van der Waals surface area contributed by atoms with Gasteiger partial charge in [0.25, 0.3) is 5.91 Å². The highest BCUT2D eigenvalue weighted by Gasteiger charge is 2.30. The molecule has 0 radical (unpaired) electrons. The Morgan fingerprint density at radius 2 is 1.77 bits per heavy atom. The summed E-state index contributed by atoms with van der Waals surface area (Å²) in [7, 11) is 0.518. The molecule has 11 heteroatoms. The second kappa shape index (κ2) is 10.6. The molecule has 0 spiro atoms. The number of thiophene rings is 1. The summed E-state index contributed by atoms with van der Waals surface area (Å²) in [6.45, 7) is 3.21. The van der Waals surface area contributed by atoms with Crippen LogP contribution in [-0.4, -0.2) is 55.7 Å². The molecule has 2 aliphatic carbocycles. The van der Waals surface area contributed by atoms with Crippen molar-refractivity contribution in [3.05, 3.63) is 26.5 Å². The Morgan fingerprint density at radius 3 is 2.43 bits per heavy atom. The summed E-state index contributed by atoms with van der Waals surface area (Å²) in [5.74, 6) is 1.38. The molecular weight excluding hydrogens is 506 g/mol. The van der Waals surface area contributed by atoms with Crippen LogP contribution in [0.25, 0.3) is 0 Å². The maximum atomic E-state index is 12.8. The van der Waals surface area contributed by atoms with Crippen LogP contribution in [-0.2, 0) is 22.7 Å². The van der Waals surface area contributed by atoms with Gasteiger partial charge in [-0.2, -0.15) is 4.98 Å². The maximum Gasteiger partial charge on any atom is 0.263 e. The smallest absolute Gasteiger partial charge is 0.263 e. The zero-order valence-electron chi connectivity index (χ0n) is 20.7. The minimum absolute atomic E-state index is 0.0191. The van der Waals surface area contributed by atoms with Crippen LogP contribution in [0.3, 0.4) is 0 Å². The van der Waals surface area contributed by atoms with Crippen molar-refractivity contribution in [1.29, 1.82) is 0 Å². The number of rotatable bonds is 7. The number of sulfone groups is 1. The molecule has 1 fully saturated rings. The van der Waals surface area contributed by atoms with Gasteiger partial charge in [-0.25, -0.2) is 13.4 Å². The summed E-state index contributed by atoms with van der Waals surface area (Å²) < 4.78 is 24.9. The second-order valence-corrected chi connectivity index (χ2v) is 13.6. The summed E-state index contributed by atoms with van der Waals surface area (Å²) in [5.41, 5.74) is 2.43. The van der Waals surface area contributed by atoms with Crippen molar-refractivity contribution < 1.29 is 13.2 Å². The molecule has 2 heterocycles. The molecule has 4 rings (SSSR count). The normalized spacial score (nSPS) is 20.4. The average molecular weight is 540 g/mol. The molecule has 2 aromatic rings. The standard InChI is InChI=1S/C24H34ClN5O3S2/c1-14(2)35(32,33)19-13-34-21(20(19)25)23(31)26-15-9-11-16(12-10-15)27-24-28-18-8-6-5-7-17(18)22(29-24)30(3)4/h13-16H,5-12H2,1-4H3,(H,26,31)(H,27,28,29). The van der Waals surface area contributed by atoms with Crippen LogP contribution >= 0.6 is 22.9 Å². The minimum Gasteiger partial charge on any atom is -0.362 e. The molecule has 0 aromatic carbocycles. The number of nitrogens with one attached hydrogen (secondary N) is 2. The lowest BCUT2D eigenvalue weighted by Crippen LogP contribution is -2.40. The second-order valence-electron chi connectivity index (χ2n) is 9.90. The topological polar surface area (TPSA) is 104 Å². The number of halogens is 1. The van der Waals surface area contributed by atoms with E-state index in [9.17, 15) is 13.2 Å². The summed E-state index contributed by atoms with van der Waals surface area (Å²) in [4.78, 5) is 24.8. The summed E-state index contributed by atoms with van der Waals surface area (Å²) in [6.07, 6.45) is 7.78. The lowest BCUT2D eigenvalue weighted by Gasteiger charge is -2.30. The van der Waals surface area contributed by atoms with E-state index in [1.165, 1.54) is 23.8 Å². The molecule has 2 N–H and O–H groups in total. The Kier molecular flexibility index (Phi) is 7.92. The highest BCUT2D eigenvalue weighted by molar-refractivity contribution is 7.92. The third-order valence-electron chi connectivity index (χ3n) is 6.81. The Hall–Kier alpha value is -1.91. The number of amides is 1. The van der Waals surface area contributed by atoms with Crippen LogP contribution in [0.4, 0.5) is 11.8 Å². The van der Waals surface area contributed by atoms with Gasteiger partial charge >= 0.3 is 0 Å². The van der Waals surface area contributed by atoms with Gasteiger partial charge in [-0.15, -0.1) is 11.3 Å². The Bertz CT molecular complexity index is 1190. The van der Waals surface area contributed by atoms with Crippen molar-refractivity contribution in [3.63, 3.8) is 0 Å².